The second-order valence-electron chi connectivity index (χ2n) is 6.02. The molecule has 0 aromatic heterocycles. The molecule has 1 aliphatic rings. The summed E-state index contributed by atoms with van der Waals surface area (Å²) in [6.07, 6.45) is 1.51. The van der Waals surface area contributed by atoms with Crippen LogP contribution in [-0.2, 0) is 11.2 Å². The van der Waals surface area contributed by atoms with Crippen molar-refractivity contribution in [2.75, 3.05) is 6.54 Å². The van der Waals surface area contributed by atoms with Crippen LogP contribution in [0.2, 0.25) is 10.0 Å². The molecule has 1 saturated heterocycles. The molecule has 1 aliphatic heterocycles. The first kappa shape index (κ1) is 16.4. The van der Waals surface area contributed by atoms with Gasteiger partial charge in [0, 0.05) is 12.5 Å². The SMILES string of the molecule is C[C@H](c1ccccc1)N1CC[C@@H](Cc2cccc(Cl)c2Cl)C1=O. The van der Waals surface area contributed by atoms with E-state index in [1.54, 1.807) is 6.07 Å². The summed E-state index contributed by atoms with van der Waals surface area (Å²) >= 11 is 12.3. The first-order valence-electron chi connectivity index (χ1n) is 7.86. The van der Waals surface area contributed by atoms with Gasteiger partial charge in [0.1, 0.15) is 0 Å². The molecule has 2 aromatic carbocycles. The van der Waals surface area contributed by atoms with Crippen LogP contribution >= 0.6 is 23.2 Å². The normalized spacial score (nSPS) is 19.2. The summed E-state index contributed by atoms with van der Waals surface area (Å²) < 4.78 is 0. The molecule has 0 N–H and O–H groups in total. The molecule has 1 heterocycles. The third kappa shape index (κ3) is 3.39. The standard InChI is InChI=1S/C19H19Cl2NO/c1-13(14-6-3-2-4-7-14)22-11-10-16(19(22)23)12-15-8-5-9-17(20)18(15)21/h2-9,13,16H,10-12H2,1H3/t13-,16+/m1/s1. The summed E-state index contributed by atoms with van der Waals surface area (Å²) in [7, 11) is 0. The number of likely N-dealkylation sites (tertiary alicyclic amines) is 1. The minimum absolute atomic E-state index is 0.0165. The smallest absolute Gasteiger partial charge is 0.226 e. The topological polar surface area (TPSA) is 20.3 Å². The van der Waals surface area contributed by atoms with Gasteiger partial charge in [-0.25, -0.2) is 0 Å². The van der Waals surface area contributed by atoms with Crippen LogP contribution in [0.25, 0.3) is 0 Å². The van der Waals surface area contributed by atoms with Crippen LogP contribution in [0, 0.1) is 5.92 Å². The fraction of sp³-hybridized carbons (Fsp3) is 0.316. The molecule has 0 bridgehead atoms. The lowest BCUT2D eigenvalue weighted by Crippen LogP contribution is -2.30. The third-order valence-corrected chi connectivity index (χ3v) is 5.46. The number of rotatable bonds is 4. The lowest BCUT2D eigenvalue weighted by atomic mass is 9.98. The molecule has 23 heavy (non-hydrogen) atoms. The van der Waals surface area contributed by atoms with Crippen LogP contribution in [0.5, 0.6) is 0 Å². The Labute approximate surface area is 147 Å². The van der Waals surface area contributed by atoms with Crippen molar-refractivity contribution in [3.05, 3.63) is 69.7 Å². The Balaban J connectivity index is 1.73. The summed E-state index contributed by atoms with van der Waals surface area (Å²) in [5, 5.41) is 1.11. The summed E-state index contributed by atoms with van der Waals surface area (Å²) in [5.74, 6) is 0.189. The van der Waals surface area contributed by atoms with Crippen LogP contribution in [0.4, 0.5) is 0 Å². The van der Waals surface area contributed by atoms with Crippen molar-refractivity contribution in [3.8, 4) is 0 Å². The van der Waals surface area contributed by atoms with Crippen LogP contribution in [0.3, 0.4) is 0 Å². The zero-order valence-electron chi connectivity index (χ0n) is 13.0. The van der Waals surface area contributed by atoms with Crippen molar-refractivity contribution < 1.29 is 4.79 Å². The number of halogens is 2. The highest BCUT2D eigenvalue weighted by molar-refractivity contribution is 6.42. The lowest BCUT2D eigenvalue weighted by Gasteiger charge is -2.25. The Morgan fingerprint density at radius 2 is 1.87 bits per heavy atom. The molecule has 120 valence electrons. The van der Waals surface area contributed by atoms with Crippen molar-refractivity contribution in [2.45, 2.75) is 25.8 Å². The summed E-state index contributed by atoms with van der Waals surface area (Å²) in [4.78, 5) is 14.7. The van der Waals surface area contributed by atoms with Crippen molar-refractivity contribution in [2.24, 2.45) is 5.92 Å². The average Bonchev–Trinajstić information content (AvgIpc) is 2.93. The van der Waals surface area contributed by atoms with E-state index in [1.165, 1.54) is 5.56 Å². The highest BCUT2D eigenvalue weighted by atomic mass is 35.5. The van der Waals surface area contributed by atoms with Crippen molar-refractivity contribution in [1.29, 1.82) is 0 Å². The summed E-state index contributed by atoms with van der Waals surface area (Å²) in [6.45, 7) is 2.87. The first-order chi connectivity index (χ1) is 11.1. The van der Waals surface area contributed by atoms with Gasteiger partial charge in [0.15, 0.2) is 0 Å². The van der Waals surface area contributed by atoms with Gasteiger partial charge in [0.05, 0.1) is 16.1 Å². The summed E-state index contributed by atoms with van der Waals surface area (Å²) in [6, 6.07) is 15.9. The molecular formula is C19H19Cl2NO. The average molecular weight is 348 g/mol. The van der Waals surface area contributed by atoms with Gasteiger partial charge < -0.3 is 4.90 Å². The van der Waals surface area contributed by atoms with E-state index in [9.17, 15) is 4.79 Å². The number of nitrogens with zero attached hydrogens (tertiary/aromatic N) is 1. The molecule has 2 aromatic rings. The monoisotopic (exact) mass is 347 g/mol. The molecule has 1 fully saturated rings. The largest absolute Gasteiger partial charge is 0.336 e. The molecule has 4 heteroatoms. The maximum absolute atomic E-state index is 12.8. The number of benzene rings is 2. The van der Waals surface area contributed by atoms with E-state index in [-0.39, 0.29) is 17.9 Å². The van der Waals surface area contributed by atoms with Crippen LogP contribution in [0.15, 0.2) is 48.5 Å². The van der Waals surface area contributed by atoms with Crippen LogP contribution < -0.4 is 0 Å². The van der Waals surface area contributed by atoms with Crippen molar-refractivity contribution in [3.63, 3.8) is 0 Å². The molecule has 1 amide bonds. The lowest BCUT2D eigenvalue weighted by molar-refractivity contribution is -0.132. The number of carbonyl (C=O) groups is 1. The molecule has 0 spiro atoms. The van der Waals surface area contributed by atoms with E-state index in [4.69, 9.17) is 23.2 Å². The van der Waals surface area contributed by atoms with E-state index in [0.717, 1.165) is 18.5 Å². The van der Waals surface area contributed by atoms with E-state index < -0.39 is 0 Å². The summed E-state index contributed by atoms with van der Waals surface area (Å²) in [5.41, 5.74) is 2.12. The molecule has 2 atom stereocenters. The Bertz CT molecular complexity index is 702. The molecular weight excluding hydrogens is 329 g/mol. The minimum Gasteiger partial charge on any atom is -0.336 e. The van der Waals surface area contributed by atoms with Gasteiger partial charge in [-0.2, -0.15) is 0 Å². The van der Waals surface area contributed by atoms with E-state index >= 15 is 0 Å². The number of carbonyl (C=O) groups excluding carboxylic acids is 1. The van der Waals surface area contributed by atoms with Gasteiger partial charge >= 0.3 is 0 Å². The van der Waals surface area contributed by atoms with E-state index in [0.29, 0.717) is 16.5 Å². The molecule has 2 nitrogen and oxygen atoms in total. The quantitative estimate of drug-likeness (QED) is 0.749. The zero-order valence-corrected chi connectivity index (χ0v) is 14.5. The van der Waals surface area contributed by atoms with Gasteiger partial charge in [-0.1, -0.05) is 65.7 Å². The number of hydrogen-bond donors (Lipinski definition) is 0. The first-order valence-corrected chi connectivity index (χ1v) is 8.62. The van der Waals surface area contributed by atoms with Crippen molar-refractivity contribution >= 4 is 29.1 Å². The Morgan fingerprint density at radius 3 is 2.61 bits per heavy atom. The molecule has 0 aliphatic carbocycles. The number of hydrogen-bond acceptors (Lipinski definition) is 1. The van der Waals surface area contributed by atoms with E-state index in [1.807, 2.05) is 35.2 Å². The predicted molar refractivity (Wildman–Crippen MR) is 94.8 cm³/mol. The second-order valence-corrected chi connectivity index (χ2v) is 6.81. The van der Waals surface area contributed by atoms with Gasteiger partial charge in [-0.15, -0.1) is 0 Å². The van der Waals surface area contributed by atoms with Crippen molar-refractivity contribution in [1.82, 2.24) is 4.90 Å². The second kappa shape index (κ2) is 6.94. The van der Waals surface area contributed by atoms with Gasteiger partial charge in [0.25, 0.3) is 0 Å². The van der Waals surface area contributed by atoms with Gasteiger partial charge in [0.2, 0.25) is 5.91 Å². The maximum Gasteiger partial charge on any atom is 0.226 e. The number of amides is 1. The minimum atomic E-state index is -0.0165. The van der Waals surface area contributed by atoms with Gasteiger partial charge in [-0.05, 0) is 37.0 Å². The Morgan fingerprint density at radius 1 is 1.13 bits per heavy atom. The molecule has 3 rings (SSSR count). The zero-order chi connectivity index (χ0) is 16.4. The highest BCUT2D eigenvalue weighted by Crippen LogP contribution is 2.33. The maximum atomic E-state index is 12.8. The molecule has 0 unspecified atom stereocenters. The molecule has 0 radical (unpaired) electrons. The van der Waals surface area contributed by atoms with E-state index in [2.05, 4.69) is 19.1 Å². The van der Waals surface area contributed by atoms with Crippen LogP contribution in [-0.4, -0.2) is 17.4 Å². The highest BCUT2D eigenvalue weighted by Gasteiger charge is 2.35. The third-order valence-electron chi connectivity index (χ3n) is 4.60. The Hall–Kier alpha value is -1.51. The van der Waals surface area contributed by atoms with Gasteiger partial charge in [-0.3, -0.25) is 4.79 Å². The predicted octanol–water partition coefficient (Wildman–Crippen LogP) is 5.15. The Kier molecular flexibility index (Phi) is 4.93. The fourth-order valence-corrected chi connectivity index (χ4v) is 3.62. The van der Waals surface area contributed by atoms with Crippen LogP contribution in [0.1, 0.15) is 30.5 Å². The molecule has 0 saturated carbocycles. The fourth-order valence-electron chi connectivity index (χ4n) is 3.22.